The summed E-state index contributed by atoms with van der Waals surface area (Å²) < 4.78 is 0. The van der Waals surface area contributed by atoms with E-state index in [0.29, 0.717) is 12.5 Å². The van der Waals surface area contributed by atoms with Crippen LogP contribution in [-0.4, -0.2) is 59.6 Å². The van der Waals surface area contributed by atoms with Gasteiger partial charge in [-0.05, 0) is 58.3 Å². The molecule has 0 aromatic carbocycles. The van der Waals surface area contributed by atoms with Crippen LogP contribution in [0.4, 0.5) is 0 Å². The van der Waals surface area contributed by atoms with Crippen LogP contribution < -0.4 is 0 Å². The highest BCUT2D eigenvalue weighted by Gasteiger charge is 2.26. The molecule has 2 rings (SSSR count). The second-order valence-corrected chi connectivity index (χ2v) is 5.69. The van der Waals surface area contributed by atoms with Crippen LogP contribution in [0.25, 0.3) is 0 Å². The van der Waals surface area contributed by atoms with Gasteiger partial charge in [0.25, 0.3) is 0 Å². The minimum absolute atomic E-state index is 0.312. The summed E-state index contributed by atoms with van der Waals surface area (Å²) in [5, 5.41) is 8.69. The number of carboxylic acids is 1. The normalized spacial score (nSPS) is 26.6. The molecule has 0 radical (unpaired) electrons. The first-order valence-electron chi connectivity index (χ1n) is 7.44. The van der Waals surface area contributed by atoms with Crippen molar-refractivity contribution in [3.05, 3.63) is 0 Å². The Bertz CT molecular complexity index is 265. The highest BCUT2D eigenvalue weighted by Crippen LogP contribution is 2.20. The average molecular weight is 254 g/mol. The number of rotatable bonds is 6. The zero-order chi connectivity index (χ0) is 12.8. The van der Waals surface area contributed by atoms with Crippen LogP contribution >= 0.6 is 0 Å². The first kappa shape index (κ1) is 13.8. The largest absolute Gasteiger partial charge is 0.481 e. The van der Waals surface area contributed by atoms with Crippen LogP contribution in [0.5, 0.6) is 0 Å². The lowest BCUT2D eigenvalue weighted by Crippen LogP contribution is -2.42. The Balaban J connectivity index is 1.70. The van der Waals surface area contributed by atoms with E-state index in [9.17, 15) is 4.79 Å². The summed E-state index contributed by atoms with van der Waals surface area (Å²) >= 11 is 0. The number of hydrogen-bond donors (Lipinski definition) is 1. The van der Waals surface area contributed by atoms with E-state index in [-0.39, 0.29) is 0 Å². The van der Waals surface area contributed by atoms with Gasteiger partial charge >= 0.3 is 5.97 Å². The number of carboxylic acid groups (broad SMARTS) is 1. The third-order valence-corrected chi connectivity index (χ3v) is 4.25. The molecule has 1 atom stereocenters. The van der Waals surface area contributed by atoms with Gasteiger partial charge in [-0.1, -0.05) is 6.42 Å². The molecule has 0 aromatic heterocycles. The molecule has 2 aliphatic heterocycles. The Morgan fingerprint density at radius 1 is 1.11 bits per heavy atom. The summed E-state index contributed by atoms with van der Waals surface area (Å²) in [5.74, 6) is -0.665. The summed E-state index contributed by atoms with van der Waals surface area (Å²) in [6.45, 7) is 5.86. The van der Waals surface area contributed by atoms with Crippen LogP contribution in [0.2, 0.25) is 0 Å². The molecule has 1 N–H and O–H groups in total. The van der Waals surface area contributed by atoms with Gasteiger partial charge in [0.1, 0.15) is 0 Å². The molecule has 18 heavy (non-hydrogen) atoms. The lowest BCUT2D eigenvalue weighted by Gasteiger charge is -2.33. The van der Waals surface area contributed by atoms with E-state index in [1.165, 1.54) is 51.7 Å². The van der Waals surface area contributed by atoms with Crippen molar-refractivity contribution >= 4 is 5.97 Å². The third-order valence-electron chi connectivity index (χ3n) is 4.25. The van der Waals surface area contributed by atoms with Crippen LogP contribution in [0, 0.1) is 0 Å². The Hall–Kier alpha value is -0.610. The SMILES string of the molecule is O=C(O)CCCN1CCCC1CN1CCCCC1. The predicted octanol–water partition coefficient (Wildman–Crippen LogP) is 1.80. The van der Waals surface area contributed by atoms with Gasteiger partial charge in [0.05, 0.1) is 0 Å². The van der Waals surface area contributed by atoms with E-state index >= 15 is 0 Å². The number of likely N-dealkylation sites (tertiary alicyclic amines) is 2. The van der Waals surface area contributed by atoms with Crippen molar-refractivity contribution in [3.63, 3.8) is 0 Å². The summed E-state index contributed by atoms with van der Waals surface area (Å²) in [6.07, 6.45) is 7.79. The van der Waals surface area contributed by atoms with E-state index in [2.05, 4.69) is 9.80 Å². The Kier molecular flexibility index (Phi) is 5.45. The van der Waals surface area contributed by atoms with Crippen molar-refractivity contribution in [1.82, 2.24) is 9.80 Å². The Morgan fingerprint density at radius 2 is 1.89 bits per heavy atom. The molecular formula is C14H26N2O2. The summed E-state index contributed by atoms with van der Waals surface area (Å²) in [7, 11) is 0. The minimum atomic E-state index is -0.665. The molecule has 2 fully saturated rings. The van der Waals surface area contributed by atoms with Crippen molar-refractivity contribution in [1.29, 1.82) is 0 Å². The van der Waals surface area contributed by atoms with Crippen LogP contribution in [0.15, 0.2) is 0 Å². The topological polar surface area (TPSA) is 43.8 Å². The van der Waals surface area contributed by atoms with Crippen molar-refractivity contribution in [2.45, 2.75) is 51.0 Å². The lowest BCUT2D eigenvalue weighted by atomic mass is 10.1. The van der Waals surface area contributed by atoms with E-state index in [1.807, 2.05) is 0 Å². The quantitative estimate of drug-likeness (QED) is 0.785. The molecule has 2 heterocycles. The fourth-order valence-corrected chi connectivity index (χ4v) is 3.27. The number of piperidine rings is 1. The molecule has 4 nitrogen and oxygen atoms in total. The number of hydrogen-bond acceptors (Lipinski definition) is 3. The fraction of sp³-hybridized carbons (Fsp3) is 0.929. The molecule has 4 heteroatoms. The maximum Gasteiger partial charge on any atom is 0.303 e. The molecule has 2 saturated heterocycles. The van der Waals surface area contributed by atoms with Crippen molar-refractivity contribution < 1.29 is 9.90 Å². The maximum atomic E-state index is 10.5. The van der Waals surface area contributed by atoms with Crippen molar-refractivity contribution in [3.8, 4) is 0 Å². The van der Waals surface area contributed by atoms with Crippen molar-refractivity contribution in [2.24, 2.45) is 0 Å². The maximum absolute atomic E-state index is 10.5. The summed E-state index contributed by atoms with van der Waals surface area (Å²) in [4.78, 5) is 15.7. The van der Waals surface area contributed by atoms with Crippen LogP contribution in [0.1, 0.15) is 44.9 Å². The van der Waals surface area contributed by atoms with Gasteiger partial charge in [-0.25, -0.2) is 0 Å². The number of aliphatic carboxylic acids is 1. The molecule has 1 unspecified atom stereocenters. The van der Waals surface area contributed by atoms with Gasteiger partial charge in [0.15, 0.2) is 0 Å². The first-order chi connectivity index (χ1) is 8.75. The van der Waals surface area contributed by atoms with Gasteiger partial charge in [0.2, 0.25) is 0 Å². The fourth-order valence-electron chi connectivity index (χ4n) is 3.27. The Morgan fingerprint density at radius 3 is 2.61 bits per heavy atom. The average Bonchev–Trinajstić information content (AvgIpc) is 2.78. The molecule has 0 bridgehead atoms. The highest BCUT2D eigenvalue weighted by atomic mass is 16.4. The van der Waals surface area contributed by atoms with Gasteiger partial charge in [0, 0.05) is 19.0 Å². The zero-order valence-corrected chi connectivity index (χ0v) is 11.3. The molecular weight excluding hydrogens is 228 g/mol. The van der Waals surface area contributed by atoms with E-state index < -0.39 is 5.97 Å². The molecule has 0 aromatic rings. The molecule has 0 amide bonds. The molecule has 0 spiro atoms. The van der Waals surface area contributed by atoms with Gasteiger partial charge < -0.3 is 10.0 Å². The second kappa shape index (κ2) is 7.10. The molecule has 0 aliphatic carbocycles. The third kappa shape index (κ3) is 4.25. The first-order valence-corrected chi connectivity index (χ1v) is 7.44. The van der Waals surface area contributed by atoms with Crippen LogP contribution in [-0.2, 0) is 4.79 Å². The molecule has 2 aliphatic rings. The summed E-state index contributed by atoms with van der Waals surface area (Å²) in [5.41, 5.74) is 0. The molecule has 0 saturated carbocycles. The van der Waals surface area contributed by atoms with E-state index in [4.69, 9.17) is 5.11 Å². The minimum Gasteiger partial charge on any atom is -0.481 e. The van der Waals surface area contributed by atoms with Gasteiger partial charge in [-0.15, -0.1) is 0 Å². The zero-order valence-electron chi connectivity index (χ0n) is 11.3. The van der Waals surface area contributed by atoms with Gasteiger partial charge in [-0.2, -0.15) is 0 Å². The second-order valence-electron chi connectivity index (χ2n) is 5.69. The standard InChI is InChI=1S/C14H26N2O2/c17-14(18)7-5-11-16-10-4-6-13(16)12-15-8-2-1-3-9-15/h13H,1-12H2,(H,17,18). The van der Waals surface area contributed by atoms with E-state index in [1.54, 1.807) is 0 Å². The van der Waals surface area contributed by atoms with Crippen molar-refractivity contribution in [2.75, 3.05) is 32.7 Å². The number of nitrogens with zero attached hydrogens (tertiary/aromatic N) is 2. The molecule has 104 valence electrons. The predicted molar refractivity (Wildman–Crippen MR) is 71.8 cm³/mol. The summed E-state index contributed by atoms with van der Waals surface area (Å²) in [6, 6.07) is 0.678. The lowest BCUT2D eigenvalue weighted by molar-refractivity contribution is -0.137. The monoisotopic (exact) mass is 254 g/mol. The Labute approximate surface area is 110 Å². The van der Waals surface area contributed by atoms with E-state index in [0.717, 1.165) is 19.5 Å². The number of carbonyl (C=O) groups is 1. The van der Waals surface area contributed by atoms with Gasteiger partial charge in [-0.3, -0.25) is 9.69 Å². The highest BCUT2D eigenvalue weighted by molar-refractivity contribution is 5.66. The van der Waals surface area contributed by atoms with Crippen LogP contribution in [0.3, 0.4) is 0 Å². The smallest absolute Gasteiger partial charge is 0.303 e.